The standard InChI is InChI=1S/C15H19N3O2S/c1-9(2)14-17-18-15(21-14)16-13(19)11-5-7-12(8-6-11)20-10(3)4/h5-10H,1-4H3,(H,16,18,19). The summed E-state index contributed by atoms with van der Waals surface area (Å²) in [6.45, 7) is 8.00. The van der Waals surface area contributed by atoms with Crippen LogP contribution < -0.4 is 10.1 Å². The fourth-order valence-electron chi connectivity index (χ4n) is 1.64. The van der Waals surface area contributed by atoms with Crippen LogP contribution in [0.1, 0.15) is 49.0 Å². The second-order valence-corrected chi connectivity index (χ2v) is 6.25. The van der Waals surface area contributed by atoms with Gasteiger partial charge in [0.25, 0.3) is 5.91 Å². The third kappa shape index (κ3) is 4.26. The van der Waals surface area contributed by atoms with Crippen molar-refractivity contribution in [2.24, 2.45) is 0 Å². The summed E-state index contributed by atoms with van der Waals surface area (Å²) in [5.41, 5.74) is 0.562. The van der Waals surface area contributed by atoms with Crippen molar-refractivity contribution in [1.82, 2.24) is 10.2 Å². The average Bonchev–Trinajstić information content (AvgIpc) is 2.87. The number of amides is 1. The molecular formula is C15H19N3O2S. The number of hydrogen-bond acceptors (Lipinski definition) is 5. The predicted octanol–water partition coefficient (Wildman–Crippen LogP) is 3.70. The van der Waals surface area contributed by atoms with Gasteiger partial charge in [-0.2, -0.15) is 0 Å². The van der Waals surface area contributed by atoms with Crippen LogP contribution in [0.2, 0.25) is 0 Å². The Balaban J connectivity index is 2.02. The first-order valence-electron chi connectivity index (χ1n) is 6.87. The molecule has 0 fully saturated rings. The third-order valence-electron chi connectivity index (χ3n) is 2.64. The molecule has 1 aromatic heterocycles. The molecule has 5 nitrogen and oxygen atoms in total. The average molecular weight is 305 g/mol. The number of nitrogens with one attached hydrogen (secondary N) is 1. The Morgan fingerprint density at radius 2 is 1.81 bits per heavy atom. The van der Waals surface area contributed by atoms with E-state index in [1.165, 1.54) is 11.3 Å². The highest BCUT2D eigenvalue weighted by molar-refractivity contribution is 7.15. The summed E-state index contributed by atoms with van der Waals surface area (Å²) in [6.07, 6.45) is 0.112. The van der Waals surface area contributed by atoms with E-state index in [1.807, 2.05) is 27.7 Å². The smallest absolute Gasteiger partial charge is 0.257 e. The van der Waals surface area contributed by atoms with Gasteiger partial charge in [0.15, 0.2) is 0 Å². The van der Waals surface area contributed by atoms with Gasteiger partial charge in [-0.3, -0.25) is 10.1 Å². The lowest BCUT2D eigenvalue weighted by Gasteiger charge is -2.09. The van der Waals surface area contributed by atoms with Gasteiger partial charge in [0.1, 0.15) is 10.8 Å². The number of anilines is 1. The highest BCUT2D eigenvalue weighted by Gasteiger charge is 2.12. The Labute approximate surface area is 128 Å². The van der Waals surface area contributed by atoms with Gasteiger partial charge in [0.05, 0.1) is 6.10 Å². The van der Waals surface area contributed by atoms with Gasteiger partial charge in [0, 0.05) is 11.5 Å². The molecule has 2 rings (SSSR count). The molecule has 0 unspecified atom stereocenters. The van der Waals surface area contributed by atoms with Crippen LogP contribution in [0.3, 0.4) is 0 Å². The van der Waals surface area contributed by atoms with Crippen molar-refractivity contribution in [3.8, 4) is 5.75 Å². The molecule has 1 N–H and O–H groups in total. The minimum atomic E-state index is -0.197. The number of benzene rings is 1. The van der Waals surface area contributed by atoms with Crippen molar-refractivity contribution in [2.45, 2.75) is 39.7 Å². The number of ether oxygens (including phenoxy) is 1. The van der Waals surface area contributed by atoms with E-state index in [-0.39, 0.29) is 12.0 Å². The van der Waals surface area contributed by atoms with Gasteiger partial charge in [-0.25, -0.2) is 0 Å². The Kier molecular flexibility index (Phi) is 4.90. The molecule has 0 aliphatic carbocycles. The fraction of sp³-hybridized carbons (Fsp3) is 0.400. The lowest BCUT2D eigenvalue weighted by Crippen LogP contribution is -2.12. The van der Waals surface area contributed by atoms with E-state index >= 15 is 0 Å². The minimum absolute atomic E-state index is 0.112. The normalized spacial score (nSPS) is 11.0. The quantitative estimate of drug-likeness (QED) is 0.914. The van der Waals surface area contributed by atoms with E-state index in [0.29, 0.717) is 16.6 Å². The lowest BCUT2D eigenvalue weighted by molar-refractivity contribution is 0.102. The number of carbonyl (C=O) groups excluding carboxylic acids is 1. The molecular weight excluding hydrogens is 286 g/mol. The molecule has 0 saturated heterocycles. The van der Waals surface area contributed by atoms with Gasteiger partial charge < -0.3 is 4.74 Å². The van der Waals surface area contributed by atoms with Crippen molar-refractivity contribution in [3.63, 3.8) is 0 Å². The van der Waals surface area contributed by atoms with E-state index in [0.717, 1.165) is 10.8 Å². The van der Waals surface area contributed by atoms with Gasteiger partial charge in [0.2, 0.25) is 5.13 Å². The first-order valence-corrected chi connectivity index (χ1v) is 7.69. The summed E-state index contributed by atoms with van der Waals surface area (Å²) in [6, 6.07) is 7.04. The van der Waals surface area contributed by atoms with Crippen LogP contribution in [0.5, 0.6) is 5.75 Å². The highest BCUT2D eigenvalue weighted by Crippen LogP contribution is 2.23. The first-order chi connectivity index (χ1) is 9.95. The Bertz CT molecular complexity index is 606. The summed E-state index contributed by atoms with van der Waals surface area (Å²) in [5, 5.41) is 12.2. The van der Waals surface area contributed by atoms with E-state index in [9.17, 15) is 4.79 Å². The van der Waals surface area contributed by atoms with Gasteiger partial charge in [-0.1, -0.05) is 25.2 Å². The van der Waals surface area contributed by atoms with Crippen molar-refractivity contribution < 1.29 is 9.53 Å². The van der Waals surface area contributed by atoms with E-state index in [1.54, 1.807) is 24.3 Å². The third-order valence-corrected chi connectivity index (χ3v) is 3.78. The molecule has 2 aromatic rings. The molecule has 21 heavy (non-hydrogen) atoms. The summed E-state index contributed by atoms with van der Waals surface area (Å²) < 4.78 is 5.54. The van der Waals surface area contributed by atoms with Crippen molar-refractivity contribution in [2.75, 3.05) is 5.32 Å². The van der Waals surface area contributed by atoms with Crippen LogP contribution >= 0.6 is 11.3 Å². The lowest BCUT2D eigenvalue weighted by atomic mass is 10.2. The van der Waals surface area contributed by atoms with Crippen LogP contribution in [0, 0.1) is 0 Å². The first kappa shape index (κ1) is 15.4. The largest absolute Gasteiger partial charge is 0.491 e. The van der Waals surface area contributed by atoms with E-state index in [4.69, 9.17) is 4.74 Å². The van der Waals surface area contributed by atoms with Gasteiger partial charge in [-0.15, -0.1) is 10.2 Å². The second kappa shape index (κ2) is 6.67. The maximum atomic E-state index is 12.1. The van der Waals surface area contributed by atoms with Crippen LogP contribution in [-0.4, -0.2) is 22.2 Å². The highest BCUT2D eigenvalue weighted by atomic mass is 32.1. The number of rotatable bonds is 5. The molecule has 0 radical (unpaired) electrons. The minimum Gasteiger partial charge on any atom is -0.491 e. The molecule has 112 valence electrons. The summed E-state index contributed by atoms with van der Waals surface area (Å²) in [4.78, 5) is 12.1. The van der Waals surface area contributed by atoms with E-state index < -0.39 is 0 Å². The molecule has 1 amide bonds. The van der Waals surface area contributed by atoms with Crippen LogP contribution in [-0.2, 0) is 0 Å². The molecule has 0 atom stereocenters. The monoisotopic (exact) mass is 305 g/mol. The fourth-order valence-corrected chi connectivity index (χ4v) is 2.39. The van der Waals surface area contributed by atoms with Crippen LogP contribution in [0.4, 0.5) is 5.13 Å². The summed E-state index contributed by atoms with van der Waals surface area (Å²) >= 11 is 1.40. The molecule has 0 bridgehead atoms. The van der Waals surface area contributed by atoms with Crippen molar-refractivity contribution in [1.29, 1.82) is 0 Å². The maximum Gasteiger partial charge on any atom is 0.257 e. The molecule has 1 heterocycles. The molecule has 0 saturated carbocycles. The topological polar surface area (TPSA) is 64.1 Å². The number of carbonyl (C=O) groups is 1. The van der Waals surface area contributed by atoms with E-state index in [2.05, 4.69) is 15.5 Å². The summed E-state index contributed by atoms with van der Waals surface area (Å²) in [5.74, 6) is 0.859. The van der Waals surface area contributed by atoms with Crippen molar-refractivity contribution >= 4 is 22.4 Å². The zero-order valence-corrected chi connectivity index (χ0v) is 13.4. The molecule has 0 aliphatic rings. The SMILES string of the molecule is CC(C)Oc1ccc(C(=O)Nc2nnc(C(C)C)s2)cc1. The number of aromatic nitrogens is 2. The molecule has 6 heteroatoms. The Morgan fingerprint density at radius 3 is 2.33 bits per heavy atom. The van der Waals surface area contributed by atoms with Crippen molar-refractivity contribution in [3.05, 3.63) is 34.8 Å². The Hall–Kier alpha value is -1.95. The maximum absolute atomic E-state index is 12.1. The van der Waals surface area contributed by atoms with Gasteiger partial charge in [-0.05, 0) is 38.1 Å². The Morgan fingerprint density at radius 1 is 1.14 bits per heavy atom. The molecule has 1 aromatic carbocycles. The second-order valence-electron chi connectivity index (χ2n) is 5.25. The number of nitrogens with zero attached hydrogens (tertiary/aromatic N) is 2. The van der Waals surface area contributed by atoms with Gasteiger partial charge >= 0.3 is 0 Å². The summed E-state index contributed by atoms with van der Waals surface area (Å²) in [7, 11) is 0. The van der Waals surface area contributed by atoms with Crippen LogP contribution in [0.15, 0.2) is 24.3 Å². The zero-order chi connectivity index (χ0) is 15.4. The predicted molar refractivity (Wildman–Crippen MR) is 84.2 cm³/mol. The molecule has 0 spiro atoms. The number of hydrogen-bond donors (Lipinski definition) is 1. The zero-order valence-electron chi connectivity index (χ0n) is 12.6. The van der Waals surface area contributed by atoms with Crippen LogP contribution in [0.25, 0.3) is 0 Å². The molecule has 0 aliphatic heterocycles.